The van der Waals surface area contributed by atoms with Gasteiger partial charge in [-0.15, -0.1) is 0 Å². The van der Waals surface area contributed by atoms with Crippen LogP contribution in [0.5, 0.6) is 0 Å². The maximum atomic E-state index is 11.9. The van der Waals surface area contributed by atoms with Gasteiger partial charge < -0.3 is 5.11 Å². The summed E-state index contributed by atoms with van der Waals surface area (Å²) in [7, 11) is -2.01. The largest absolute Gasteiger partial charge is 0.479 e. The van der Waals surface area contributed by atoms with E-state index < -0.39 is 19.3 Å². The Morgan fingerprint density at radius 1 is 1.47 bits per heavy atom. The zero-order valence-electron chi connectivity index (χ0n) is 9.33. The predicted octanol–water partition coefficient (Wildman–Crippen LogP) is 0.908. The Labute approximate surface area is 98.9 Å². The monoisotopic (exact) mass is 259 g/mol. The summed E-state index contributed by atoms with van der Waals surface area (Å²) in [6.07, 6.45) is 8.04. The molecule has 0 amide bonds. The Hall–Kier alpha value is -0.490. The number of fused-ring (bicyclic) bond motifs is 2. The van der Waals surface area contributed by atoms with Crippen molar-refractivity contribution in [1.82, 2.24) is 5.32 Å². The molecule has 2 bridgehead atoms. The Balaban J connectivity index is 1.99. The highest BCUT2D eigenvalue weighted by Gasteiger charge is 2.73. The van der Waals surface area contributed by atoms with Crippen LogP contribution < -0.4 is 5.32 Å². The molecule has 0 spiro atoms. The van der Waals surface area contributed by atoms with Crippen molar-refractivity contribution in [2.24, 2.45) is 5.92 Å². The lowest BCUT2D eigenvalue weighted by molar-refractivity contribution is -0.251. The molecular weight excluding hydrogens is 245 g/mol. The minimum atomic E-state index is -3.62. The number of hydrogen-bond donors (Lipinski definition) is 2. The van der Waals surface area contributed by atoms with Gasteiger partial charge in [-0.1, -0.05) is 24.3 Å². The summed E-state index contributed by atoms with van der Waals surface area (Å²) in [4.78, 5) is 0. The molecule has 0 radical (unpaired) electrons. The smallest absolute Gasteiger partial charge is 0.361 e. The molecule has 2 heterocycles. The molecule has 2 aliphatic heterocycles. The van der Waals surface area contributed by atoms with E-state index in [1.165, 1.54) is 0 Å². The summed E-state index contributed by atoms with van der Waals surface area (Å²) >= 11 is 0. The van der Waals surface area contributed by atoms with Gasteiger partial charge >= 0.3 is 7.82 Å². The molecule has 0 saturated carbocycles. The van der Waals surface area contributed by atoms with Gasteiger partial charge in [-0.25, -0.2) is 9.09 Å². The molecule has 17 heavy (non-hydrogen) atoms. The van der Waals surface area contributed by atoms with Gasteiger partial charge in [0.05, 0.1) is 0 Å². The van der Waals surface area contributed by atoms with Gasteiger partial charge in [0.2, 0.25) is 11.5 Å². The van der Waals surface area contributed by atoms with Crippen LogP contribution in [0.15, 0.2) is 24.3 Å². The third kappa shape index (κ3) is 1.43. The summed E-state index contributed by atoms with van der Waals surface area (Å²) in [5.41, 5.74) is -1.26. The highest BCUT2D eigenvalue weighted by Crippen LogP contribution is 2.70. The second-order valence-corrected chi connectivity index (χ2v) is 5.85. The fraction of sp³-hybridized carbons (Fsp3) is 0.600. The molecule has 2 fully saturated rings. The molecule has 2 saturated heterocycles. The van der Waals surface area contributed by atoms with Gasteiger partial charge in [-0.05, 0) is 13.5 Å². The molecule has 2 unspecified atom stereocenters. The quantitative estimate of drug-likeness (QED) is 0.718. The molecule has 0 aromatic heterocycles. The van der Waals surface area contributed by atoms with Crippen LogP contribution in [-0.2, 0) is 18.1 Å². The van der Waals surface area contributed by atoms with E-state index in [-0.39, 0.29) is 12.5 Å². The summed E-state index contributed by atoms with van der Waals surface area (Å²) in [5, 5.41) is 13.5. The number of hydrogen-bond acceptors (Lipinski definition) is 6. The first-order valence-corrected chi connectivity index (χ1v) is 6.90. The van der Waals surface area contributed by atoms with E-state index in [0.717, 1.165) is 0 Å². The Morgan fingerprint density at radius 3 is 2.88 bits per heavy atom. The third-order valence-electron chi connectivity index (χ3n) is 3.41. The third-order valence-corrected chi connectivity index (χ3v) is 4.89. The van der Waals surface area contributed by atoms with Crippen LogP contribution >= 0.6 is 7.82 Å². The zero-order chi connectivity index (χ0) is 12.1. The molecule has 3 rings (SSSR count). The minimum Gasteiger partial charge on any atom is -0.361 e. The Morgan fingerprint density at radius 2 is 2.29 bits per heavy atom. The summed E-state index contributed by atoms with van der Waals surface area (Å²) in [6, 6.07) is 0. The van der Waals surface area contributed by atoms with Crippen LogP contribution in [0.2, 0.25) is 0 Å². The van der Waals surface area contributed by atoms with Gasteiger partial charge in [0.15, 0.2) is 0 Å². The van der Waals surface area contributed by atoms with E-state index >= 15 is 0 Å². The number of nitrogens with one attached hydrogen (secondary N) is 1. The first-order chi connectivity index (χ1) is 8.04. The summed E-state index contributed by atoms with van der Waals surface area (Å²) in [6.45, 7) is 0.00529. The normalized spacial score (nSPS) is 52.2. The van der Waals surface area contributed by atoms with Crippen molar-refractivity contribution in [3.8, 4) is 0 Å². The van der Waals surface area contributed by atoms with Gasteiger partial charge in [-0.2, -0.15) is 0 Å². The van der Waals surface area contributed by atoms with E-state index in [4.69, 9.17) is 13.6 Å². The van der Waals surface area contributed by atoms with Gasteiger partial charge in [0.25, 0.3) is 0 Å². The number of aliphatic hydroxyl groups is 1. The number of rotatable bonds is 2. The lowest BCUT2D eigenvalue weighted by atomic mass is 9.85. The van der Waals surface area contributed by atoms with Crippen molar-refractivity contribution >= 4 is 7.82 Å². The second-order valence-electron chi connectivity index (χ2n) is 4.33. The highest BCUT2D eigenvalue weighted by atomic mass is 31.2. The minimum absolute atomic E-state index is 0.00529. The van der Waals surface area contributed by atoms with Gasteiger partial charge in [0.1, 0.15) is 6.61 Å². The fourth-order valence-electron chi connectivity index (χ4n) is 2.41. The van der Waals surface area contributed by atoms with Crippen molar-refractivity contribution in [2.75, 3.05) is 13.7 Å². The highest BCUT2D eigenvalue weighted by molar-refractivity contribution is 7.49. The van der Waals surface area contributed by atoms with E-state index in [1.54, 1.807) is 7.05 Å². The zero-order valence-corrected chi connectivity index (χ0v) is 10.2. The standard InChI is InChI=1S/C10H14NO5P/c1-11-9-7-14-17(13,15-9)16-10(9,12)8-5-3-2-4-6-8/h2-5,8,11-12H,6-7H2,1H3/t8?,9-,10+,17?/m0/s1. The fourth-order valence-corrected chi connectivity index (χ4v) is 4.17. The Bertz CT molecular complexity index is 450. The number of allylic oxidation sites excluding steroid dienone is 3. The average molecular weight is 259 g/mol. The average Bonchev–Trinajstić information content (AvgIpc) is 2.80. The molecule has 7 heteroatoms. The maximum Gasteiger partial charge on any atom is 0.479 e. The topological polar surface area (TPSA) is 77.0 Å². The molecule has 0 aromatic rings. The van der Waals surface area contributed by atoms with Crippen LogP contribution in [0.3, 0.4) is 0 Å². The van der Waals surface area contributed by atoms with Crippen molar-refractivity contribution in [1.29, 1.82) is 0 Å². The van der Waals surface area contributed by atoms with E-state index in [9.17, 15) is 9.67 Å². The molecule has 2 N–H and O–H groups in total. The number of phosphoric acid groups is 1. The molecular formula is C10H14NO5P. The van der Waals surface area contributed by atoms with E-state index in [2.05, 4.69) is 5.32 Å². The van der Waals surface area contributed by atoms with Gasteiger partial charge in [0, 0.05) is 5.92 Å². The van der Waals surface area contributed by atoms with Crippen LogP contribution in [0.1, 0.15) is 6.42 Å². The molecule has 6 nitrogen and oxygen atoms in total. The predicted molar refractivity (Wildman–Crippen MR) is 58.9 cm³/mol. The lowest BCUT2D eigenvalue weighted by Gasteiger charge is -2.41. The van der Waals surface area contributed by atoms with Crippen LogP contribution in [0.4, 0.5) is 0 Å². The number of phosphoric ester groups is 1. The molecule has 94 valence electrons. The van der Waals surface area contributed by atoms with E-state index in [0.29, 0.717) is 6.42 Å². The van der Waals surface area contributed by atoms with Crippen molar-refractivity contribution in [3.05, 3.63) is 24.3 Å². The Kier molecular flexibility index (Phi) is 2.39. The van der Waals surface area contributed by atoms with Crippen LogP contribution in [-0.4, -0.2) is 30.3 Å². The van der Waals surface area contributed by atoms with E-state index in [1.807, 2.05) is 24.3 Å². The van der Waals surface area contributed by atoms with Crippen LogP contribution in [0.25, 0.3) is 0 Å². The summed E-state index contributed by atoms with van der Waals surface area (Å²) in [5.74, 6) is -1.99. The SMILES string of the molecule is CN[C@@]12COP(=O)(O1)O[C@]2(O)C1C=CC=CC1. The number of likely N-dealkylation sites (N-methyl/N-ethyl adjacent to an activating group) is 1. The maximum absolute atomic E-state index is 11.9. The van der Waals surface area contributed by atoms with Crippen molar-refractivity contribution in [3.63, 3.8) is 0 Å². The first kappa shape index (κ1) is 11.6. The molecule has 0 aromatic carbocycles. The van der Waals surface area contributed by atoms with Gasteiger partial charge in [-0.3, -0.25) is 14.4 Å². The van der Waals surface area contributed by atoms with Crippen LogP contribution in [0, 0.1) is 5.92 Å². The van der Waals surface area contributed by atoms with Crippen molar-refractivity contribution in [2.45, 2.75) is 17.9 Å². The molecule has 4 atom stereocenters. The summed E-state index contributed by atoms with van der Waals surface area (Å²) < 4.78 is 27.3. The second kappa shape index (κ2) is 3.51. The van der Waals surface area contributed by atoms with Crippen molar-refractivity contribution < 1.29 is 23.2 Å². The molecule has 3 aliphatic rings. The first-order valence-electron chi connectivity index (χ1n) is 5.44. The molecule has 1 aliphatic carbocycles. The lowest BCUT2D eigenvalue weighted by Crippen LogP contribution is -2.65.